The Morgan fingerprint density at radius 2 is 1.75 bits per heavy atom. The van der Waals surface area contributed by atoms with Gasteiger partial charge in [0, 0.05) is 5.69 Å². The first kappa shape index (κ1) is 20.7. The summed E-state index contributed by atoms with van der Waals surface area (Å²) in [4.78, 5) is 24.0. The first-order valence-electron chi connectivity index (χ1n) is 8.75. The molecule has 0 aliphatic rings. The first-order chi connectivity index (χ1) is 13.4. The molecule has 2 aromatic carbocycles. The summed E-state index contributed by atoms with van der Waals surface area (Å²) in [6, 6.07) is 16.1. The Morgan fingerprint density at radius 1 is 1.11 bits per heavy atom. The highest BCUT2D eigenvalue weighted by Crippen LogP contribution is 2.17. The lowest BCUT2D eigenvalue weighted by atomic mass is 10.0. The largest absolute Gasteiger partial charge is 0.497 e. The molecule has 0 saturated heterocycles. The van der Waals surface area contributed by atoms with Crippen LogP contribution in [0.2, 0.25) is 0 Å². The van der Waals surface area contributed by atoms with E-state index in [1.54, 1.807) is 49.6 Å². The van der Waals surface area contributed by atoms with E-state index in [4.69, 9.17) is 9.47 Å². The molecule has 0 bridgehead atoms. The second kappa shape index (κ2) is 9.93. The summed E-state index contributed by atoms with van der Waals surface area (Å²) in [6.07, 6.45) is 1.39. The van der Waals surface area contributed by atoms with Gasteiger partial charge in [-0.05, 0) is 47.4 Å². The molecule has 6 nitrogen and oxygen atoms in total. The quantitative estimate of drug-likeness (QED) is 0.448. The fourth-order valence-electron chi connectivity index (χ4n) is 2.36. The normalized spacial score (nSPS) is 10.9. The molecule has 2 aromatic rings. The van der Waals surface area contributed by atoms with Crippen molar-refractivity contribution in [2.45, 2.75) is 19.8 Å². The van der Waals surface area contributed by atoms with Crippen molar-refractivity contribution in [2.75, 3.05) is 19.0 Å². The van der Waals surface area contributed by atoms with Crippen LogP contribution in [0.15, 0.2) is 54.1 Å². The molecule has 1 N–H and O–H groups in total. The predicted molar refractivity (Wildman–Crippen MR) is 107 cm³/mol. The summed E-state index contributed by atoms with van der Waals surface area (Å²) >= 11 is 0. The molecule has 2 rings (SSSR count). The minimum absolute atomic E-state index is 0.195. The zero-order valence-corrected chi connectivity index (χ0v) is 16.1. The van der Waals surface area contributed by atoms with E-state index in [1.807, 2.05) is 12.1 Å². The van der Waals surface area contributed by atoms with Crippen molar-refractivity contribution in [1.29, 1.82) is 5.26 Å². The molecule has 6 heteroatoms. The maximum atomic E-state index is 12.1. The highest BCUT2D eigenvalue weighted by molar-refractivity contribution is 6.00. The van der Waals surface area contributed by atoms with Gasteiger partial charge in [-0.15, -0.1) is 0 Å². The number of amides is 1. The summed E-state index contributed by atoms with van der Waals surface area (Å²) in [7, 11) is 1.55. The van der Waals surface area contributed by atoms with Gasteiger partial charge >= 0.3 is 5.97 Å². The van der Waals surface area contributed by atoms with E-state index in [9.17, 15) is 14.9 Å². The monoisotopic (exact) mass is 378 g/mol. The van der Waals surface area contributed by atoms with Gasteiger partial charge in [0.1, 0.15) is 17.4 Å². The molecule has 0 heterocycles. The number of benzene rings is 2. The highest BCUT2D eigenvalue weighted by Gasteiger charge is 2.13. The van der Waals surface area contributed by atoms with Crippen molar-refractivity contribution >= 4 is 23.6 Å². The van der Waals surface area contributed by atoms with Crippen molar-refractivity contribution in [3.05, 3.63) is 65.2 Å². The van der Waals surface area contributed by atoms with Gasteiger partial charge in [-0.3, -0.25) is 4.79 Å². The summed E-state index contributed by atoms with van der Waals surface area (Å²) in [5.41, 5.74) is 2.22. The smallest absolute Gasteiger partial charge is 0.349 e. The molecule has 0 atom stereocenters. The van der Waals surface area contributed by atoms with Gasteiger partial charge < -0.3 is 14.8 Å². The van der Waals surface area contributed by atoms with Crippen LogP contribution in [-0.2, 0) is 14.3 Å². The molecular formula is C22H22N2O4. The van der Waals surface area contributed by atoms with Crippen molar-refractivity contribution in [3.8, 4) is 11.8 Å². The molecule has 0 aliphatic heterocycles. The number of nitriles is 1. The number of nitrogens with one attached hydrogen (secondary N) is 1. The zero-order valence-electron chi connectivity index (χ0n) is 16.1. The summed E-state index contributed by atoms with van der Waals surface area (Å²) < 4.78 is 10.00. The first-order valence-corrected chi connectivity index (χ1v) is 8.75. The van der Waals surface area contributed by atoms with E-state index in [1.165, 1.54) is 6.08 Å². The van der Waals surface area contributed by atoms with E-state index in [0.29, 0.717) is 22.9 Å². The molecule has 0 radical (unpaired) electrons. The summed E-state index contributed by atoms with van der Waals surface area (Å²) in [5.74, 6) is -0.278. The summed E-state index contributed by atoms with van der Waals surface area (Å²) in [6.45, 7) is 3.69. The van der Waals surface area contributed by atoms with Crippen LogP contribution >= 0.6 is 0 Å². The van der Waals surface area contributed by atoms with Crippen molar-refractivity contribution in [2.24, 2.45) is 0 Å². The number of hydrogen-bond acceptors (Lipinski definition) is 5. The topological polar surface area (TPSA) is 88.4 Å². The maximum absolute atomic E-state index is 12.1. The lowest BCUT2D eigenvalue weighted by molar-refractivity contribution is -0.142. The molecular weight excluding hydrogens is 356 g/mol. The van der Waals surface area contributed by atoms with Gasteiger partial charge in [-0.1, -0.05) is 38.1 Å². The van der Waals surface area contributed by atoms with E-state index in [2.05, 4.69) is 19.2 Å². The molecule has 0 aromatic heterocycles. The van der Waals surface area contributed by atoms with Gasteiger partial charge in [0.05, 0.1) is 7.11 Å². The van der Waals surface area contributed by atoms with Gasteiger partial charge in [-0.2, -0.15) is 5.26 Å². The molecule has 144 valence electrons. The van der Waals surface area contributed by atoms with E-state index < -0.39 is 18.5 Å². The summed E-state index contributed by atoms with van der Waals surface area (Å²) in [5, 5.41) is 11.8. The fourth-order valence-corrected chi connectivity index (χ4v) is 2.36. The third-order valence-electron chi connectivity index (χ3n) is 3.96. The molecule has 0 aliphatic carbocycles. The molecule has 0 fully saturated rings. The average molecular weight is 378 g/mol. The maximum Gasteiger partial charge on any atom is 0.349 e. The van der Waals surface area contributed by atoms with Crippen LogP contribution in [-0.4, -0.2) is 25.6 Å². The Balaban J connectivity index is 1.92. The molecule has 0 saturated carbocycles. The minimum Gasteiger partial charge on any atom is -0.497 e. The number of carbonyl (C=O) groups excluding carboxylic acids is 2. The van der Waals surface area contributed by atoms with Crippen LogP contribution < -0.4 is 10.1 Å². The van der Waals surface area contributed by atoms with Crippen LogP contribution in [0.1, 0.15) is 30.9 Å². The third-order valence-corrected chi connectivity index (χ3v) is 3.96. The Bertz CT molecular complexity index is 892. The van der Waals surface area contributed by atoms with Crippen LogP contribution in [0, 0.1) is 11.3 Å². The average Bonchev–Trinajstić information content (AvgIpc) is 2.71. The van der Waals surface area contributed by atoms with Gasteiger partial charge in [0.2, 0.25) is 0 Å². The third kappa shape index (κ3) is 5.99. The lowest BCUT2D eigenvalue weighted by Gasteiger charge is -2.09. The Labute approximate surface area is 164 Å². The minimum atomic E-state index is -0.858. The Kier molecular flexibility index (Phi) is 7.35. The zero-order chi connectivity index (χ0) is 20.5. The molecule has 0 spiro atoms. The number of anilines is 1. The number of esters is 1. The van der Waals surface area contributed by atoms with Crippen LogP contribution in [0.5, 0.6) is 5.75 Å². The number of ether oxygens (including phenoxy) is 2. The van der Waals surface area contributed by atoms with Gasteiger partial charge in [0.15, 0.2) is 6.61 Å². The number of hydrogen-bond donors (Lipinski definition) is 1. The highest BCUT2D eigenvalue weighted by atomic mass is 16.5. The Hall–Kier alpha value is -3.59. The van der Waals surface area contributed by atoms with E-state index in [-0.39, 0.29) is 5.57 Å². The van der Waals surface area contributed by atoms with E-state index in [0.717, 1.165) is 5.56 Å². The van der Waals surface area contributed by atoms with Gasteiger partial charge in [0.25, 0.3) is 5.91 Å². The fraction of sp³-hybridized carbons (Fsp3) is 0.227. The van der Waals surface area contributed by atoms with Crippen LogP contribution in [0.25, 0.3) is 6.08 Å². The Morgan fingerprint density at radius 3 is 2.29 bits per heavy atom. The molecule has 28 heavy (non-hydrogen) atoms. The lowest BCUT2D eigenvalue weighted by Crippen LogP contribution is -2.21. The second-order valence-electron chi connectivity index (χ2n) is 6.34. The molecule has 0 unspecified atom stereocenters. The van der Waals surface area contributed by atoms with Crippen molar-refractivity contribution in [3.63, 3.8) is 0 Å². The SMILES string of the molecule is COc1ccc(/C=C(\C#N)C(=O)OCC(=O)Nc2ccc(C(C)C)cc2)cc1. The molecule has 1 amide bonds. The second-order valence-corrected chi connectivity index (χ2v) is 6.34. The number of methoxy groups -OCH3 is 1. The van der Waals surface area contributed by atoms with Crippen molar-refractivity contribution in [1.82, 2.24) is 0 Å². The number of nitrogens with zero attached hydrogens (tertiary/aromatic N) is 1. The predicted octanol–water partition coefficient (Wildman–Crippen LogP) is 3.91. The standard InChI is InChI=1S/C22H22N2O4/c1-15(2)17-6-8-19(9-7-17)24-21(25)14-28-22(26)18(13-23)12-16-4-10-20(27-3)11-5-16/h4-12,15H,14H2,1-3H3,(H,24,25)/b18-12+. The van der Waals surface area contributed by atoms with Gasteiger partial charge in [-0.25, -0.2) is 4.79 Å². The van der Waals surface area contributed by atoms with E-state index >= 15 is 0 Å². The number of carbonyl (C=O) groups is 2. The van der Waals surface area contributed by atoms with Crippen LogP contribution in [0.3, 0.4) is 0 Å². The van der Waals surface area contributed by atoms with Crippen molar-refractivity contribution < 1.29 is 19.1 Å². The number of rotatable bonds is 7. The van der Waals surface area contributed by atoms with Crippen LogP contribution in [0.4, 0.5) is 5.69 Å².